The van der Waals surface area contributed by atoms with Crippen LogP contribution in [-0.2, 0) is 16.1 Å². The van der Waals surface area contributed by atoms with Gasteiger partial charge in [-0.3, -0.25) is 4.79 Å². The molecular formula is C18H17BrFNO3. The number of rotatable bonds is 5. The maximum Gasteiger partial charge on any atom is 0.340 e. The average molecular weight is 394 g/mol. The molecule has 2 rings (SSSR count). The van der Waals surface area contributed by atoms with Gasteiger partial charge in [-0.15, -0.1) is 0 Å². The van der Waals surface area contributed by atoms with E-state index in [-0.39, 0.29) is 5.56 Å². The molecule has 2 aromatic carbocycles. The molecule has 0 radical (unpaired) electrons. The van der Waals surface area contributed by atoms with E-state index in [9.17, 15) is 14.0 Å². The van der Waals surface area contributed by atoms with Crippen molar-refractivity contribution in [3.63, 3.8) is 0 Å². The molecule has 2 aromatic rings. The van der Waals surface area contributed by atoms with Crippen molar-refractivity contribution in [3.05, 3.63) is 69.4 Å². The zero-order valence-corrected chi connectivity index (χ0v) is 14.9. The molecule has 0 saturated carbocycles. The van der Waals surface area contributed by atoms with Crippen LogP contribution < -0.4 is 5.32 Å². The minimum atomic E-state index is -0.988. The third kappa shape index (κ3) is 4.89. The second-order valence-corrected chi connectivity index (χ2v) is 6.23. The Morgan fingerprint density at radius 1 is 1.21 bits per heavy atom. The zero-order chi connectivity index (χ0) is 17.7. The fourth-order valence-corrected chi connectivity index (χ4v) is 2.38. The molecule has 6 heteroatoms. The lowest BCUT2D eigenvalue weighted by atomic mass is 10.1. The SMILES string of the molecule is Cc1ccc(CNC(=O)[C@H](C)OC(=O)c2cc(F)ccc2Br)cc1. The summed E-state index contributed by atoms with van der Waals surface area (Å²) in [6.45, 7) is 3.79. The minimum absolute atomic E-state index is 0.0354. The van der Waals surface area contributed by atoms with Crippen molar-refractivity contribution in [2.45, 2.75) is 26.5 Å². The largest absolute Gasteiger partial charge is 0.449 e. The van der Waals surface area contributed by atoms with Crippen molar-refractivity contribution in [3.8, 4) is 0 Å². The number of benzene rings is 2. The van der Waals surface area contributed by atoms with E-state index in [1.165, 1.54) is 19.1 Å². The molecule has 0 unspecified atom stereocenters. The van der Waals surface area contributed by atoms with E-state index in [0.717, 1.165) is 17.2 Å². The molecule has 0 fully saturated rings. The van der Waals surface area contributed by atoms with Gasteiger partial charge >= 0.3 is 5.97 Å². The molecule has 0 aliphatic carbocycles. The molecule has 0 aliphatic rings. The van der Waals surface area contributed by atoms with Gasteiger partial charge in [0.15, 0.2) is 6.10 Å². The van der Waals surface area contributed by atoms with Gasteiger partial charge in [0.2, 0.25) is 0 Å². The summed E-state index contributed by atoms with van der Waals surface area (Å²) in [5.74, 6) is -1.74. The second kappa shape index (κ2) is 8.06. The molecule has 0 spiro atoms. The molecule has 24 heavy (non-hydrogen) atoms. The molecule has 1 amide bonds. The van der Waals surface area contributed by atoms with Crippen LogP contribution in [0.1, 0.15) is 28.4 Å². The number of ether oxygens (including phenoxy) is 1. The summed E-state index contributed by atoms with van der Waals surface area (Å²) in [4.78, 5) is 24.1. The lowest BCUT2D eigenvalue weighted by Crippen LogP contribution is -2.35. The van der Waals surface area contributed by atoms with Crippen LogP contribution in [0.15, 0.2) is 46.9 Å². The van der Waals surface area contributed by atoms with E-state index < -0.39 is 23.8 Å². The Labute approximate surface area is 148 Å². The Balaban J connectivity index is 1.92. The van der Waals surface area contributed by atoms with Gasteiger partial charge in [-0.25, -0.2) is 9.18 Å². The first-order valence-corrected chi connectivity index (χ1v) is 8.15. The van der Waals surface area contributed by atoms with Gasteiger partial charge < -0.3 is 10.1 Å². The number of esters is 1. The van der Waals surface area contributed by atoms with Gasteiger partial charge in [0.05, 0.1) is 5.56 Å². The van der Waals surface area contributed by atoms with Crippen molar-refractivity contribution in [1.29, 1.82) is 0 Å². The number of nitrogens with one attached hydrogen (secondary N) is 1. The van der Waals surface area contributed by atoms with Crippen LogP contribution in [0.25, 0.3) is 0 Å². The summed E-state index contributed by atoms with van der Waals surface area (Å²) in [5, 5.41) is 2.70. The molecule has 1 N–H and O–H groups in total. The first kappa shape index (κ1) is 18.1. The number of amides is 1. The number of carbonyl (C=O) groups excluding carboxylic acids is 2. The standard InChI is InChI=1S/C18H17BrFNO3/c1-11-3-5-13(6-4-11)10-21-17(22)12(2)24-18(23)15-9-14(20)7-8-16(15)19/h3-9,12H,10H2,1-2H3,(H,21,22)/t12-/m0/s1. The van der Waals surface area contributed by atoms with Crippen LogP contribution in [0.5, 0.6) is 0 Å². The summed E-state index contributed by atoms with van der Waals surface area (Å²) in [5.41, 5.74) is 2.11. The zero-order valence-electron chi connectivity index (χ0n) is 13.3. The predicted octanol–water partition coefficient (Wildman–Crippen LogP) is 3.76. The third-order valence-corrected chi connectivity index (χ3v) is 4.08. The summed E-state index contributed by atoms with van der Waals surface area (Å²) in [6.07, 6.45) is -0.988. The molecule has 0 aromatic heterocycles. The van der Waals surface area contributed by atoms with Crippen LogP contribution in [0.2, 0.25) is 0 Å². The molecule has 0 heterocycles. The number of hydrogen-bond acceptors (Lipinski definition) is 3. The smallest absolute Gasteiger partial charge is 0.340 e. The van der Waals surface area contributed by atoms with Gasteiger partial charge in [0, 0.05) is 11.0 Å². The number of hydrogen-bond donors (Lipinski definition) is 1. The second-order valence-electron chi connectivity index (χ2n) is 5.38. The summed E-state index contributed by atoms with van der Waals surface area (Å²) in [7, 11) is 0. The van der Waals surface area contributed by atoms with Gasteiger partial charge in [-0.2, -0.15) is 0 Å². The van der Waals surface area contributed by atoms with Crippen molar-refractivity contribution >= 4 is 27.8 Å². The van der Waals surface area contributed by atoms with Crippen molar-refractivity contribution in [2.24, 2.45) is 0 Å². The van der Waals surface area contributed by atoms with Crippen LogP contribution in [0.3, 0.4) is 0 Å². The number of aryl methyl sites for hydroxylation is 1. The summed E-state index contributed by atoms with van der Waals surface area (Å²) < 4.78 is 18.7. The first-order chi connectivity index (χ1) is 11.4. The average Bonchev–Trinajstić information content (AvgIpc) is 2.56. The van der Waals surface area contributed by atoms with Crippen molar-refractivity contribution in [1.82, 2.24) is 5.32 Å². The van der Waals surface area contributed by atoms with Crippen molar-refractivity contribution in [2.75, 3.05) is 0 Å². The Hall–Kier alpha value is -2.21. The lowest BCUT2D eigenvalue weighted by Gasteiger charge is -2.14. The van der Waals surface area contributed by atoms with Crippen LogP contribution >= 0.6 is 15.9 Å². The topological polar surface area (TPSA) is 55.4 Å². The van der Waals surface area contributed by atoms with E-state index in [2.05, 4.69) is 21.2 Å². The highest BCUT2D eigenvalue weighted by Crippen LogP contribution is 2.19. The molecular weight excluding hydrogens is 377 g/mol. The summed E-state index contributed by atoms with van der Waals surface area (Å²) >= 11 is 3.16. The quantitative estimate of drug-likeness (QED) is 0.786. The molecule has 0 bridgehead atoms. The molecule has 0 saturated heterocycles. The van der Waals surface area contributed by atoms with E-state index in [4.69, 9.17) is 4.74 Å². The fourth-order valence-electron chi connectivity index (χ4n) is 1.97. The highest BCUT2D eigenvalue weighted by Gasteiger charge is 2.20. The Morgan fingerprint density at radius 3 is 2.54 bits per heavy atom. The first-order valence-electron chi connectivity index (χ1n) is 7.36. The lowest BCUT2D eigenvalue weighted by molar-refractivity contribution is -0.129. The van der Waals surface area contributed by atoms with E-state index >= 15 is 0 Å². The highest BCUT2D eigenvalue weighted by molar-refractivity contribution is 9.10. The van der Waals surface area contributed by atoms with Gasteiger partial charge in [0.1, 0.15) is 5.82 Å². The monoisotopic (exact) mass is 393 g/mol. The van der Waals surface area contributed by atoms with Crippen molar-refractivity contribution < 1.29 is 18.7 Å². The van der Waals surface area contributed by atoms with Crippen LogP contribution in [-0.4, -0.2) is 18.0 Å². The molecule has 4 nitrogen and oxygen atoms in total. The Bertz CT molecular complexity index is 746. The van der Waals surface area contributed by atoms with Crippen LogP contribution in [0.4, 0.5) is 4.39 Å². The normalized spacial score (nSPS) is 11.7. The predicted molar refractivity (Wildman–Crippen MR) is 92.0 cm³/mol. The van der Waals surface area contributed by atoms with Gasteiger partial charge in [-0.05, 0) is 53.5 Å². The van der Waals surface area contributed by atoms with Crippen LogP contribution in [0, 0.1) is 12.7 Å². The highest BCUT2D eigenvalue weighted by atomic mass is 79.9. The molecule has 126 valence electrons. The number of halogens is 2. The minimum Gasteiger partial charge on any atom is -0.449 e. The Kier molecular flexibility index (Phi) is 6.09. The Morgan fingerprint density at radius 2 is 1.88 bits per heavy atom. The number of carbonyl (C=O) groups is 2. The van der Waals surface area contributed by atoms with Gasteiger partial charge in [0.25, 0.3) is 5.91 Å². The molecule has 0 aliphatic heterocycles. The van der Waals surface area contributed by atoms with E-state index in [1.54, 1.807) is 0 Å². The maximum absolute atomic E-state index is 13.2. The third-order valence-electron chi connectivity index (χ3n) is 3.39. The van der Waals surface area contributed by atoms with E-state index in [0.29, 0.717) is 11.0 Å². The maximum atomic E-state index is 13.2. The van der Waals surface area contributed by atoms with Gasteiger partial charge in [-0.1, -0.05) is 29.8 Å². The fraction of sp³-hybridized carbons (Fsp3) is 0.222. The molecule has 1 atom stereocenters. The summed E-state index contributed by atoms with van der Waals surface area (Å²) in [6, 6.07) is 11.4. The van der Waals surface area contributed by atoms with E-state index in [1.807, 2.05) is 31.2 Å².